The highest BCUT2D eigenvalue weighted by Gasteiger charge is 2.61. The zero-order valence-electron chi connectivity index (χ0n) is 16.4. The minimum atomic E-state index is 0.210. The highest BCUT2D eigenvalue weighted by atomic mass is 16.1. The molecule has 0 radical (unpaired) electrons. The monoisotopic (exact) mass is 360 g/mol. The first kappa shape index (κ1) is 17.6. The first-order valence-electron chi connectivity index (χ1n) is 11.2. The fraction of sp³-hybridized carbons (Fsp3) is 0.952. The minimum Gasteiger partial charge on any atom is -0.316 e. The Kier molecular flexibility index (Phi) is 4.63. The van der Waals surface area contributed by atoms with E-state index in [9.17, 15) is 4.79 Å². The maximum Gasteiger partial charge on any atom is 0.133 e. The smallest absolute Gasteiger partial charge is 0.133 e. The van der Waals surface area contributed by atoms with Crippen LogP contribution >= 0.6 is 0 Å². The van der Waals surface area contributed by atoms with Gasteiger partial charge >= 0.3 is 0 Å². The summed E-state index contributed by atoms with van der Waals surface area (Å²) in [6, 6.07) is 1.88. The van der Waals surface area contributed by atoms with Crippen molar-refractivity contribution in [1.29, 1.82) is 0 Å². The largest absolute Gasteiger partial charge is 0.316 e. The zero-order chi connectivity index (χ0) is 17.7. The van der Waals surface area contributed by atoms with Crippen LogP contribution in [0.3, 0.4) is 0 Å². The molecule has 5 aliphatic rings. The van der Waals surface area contributed by atoms with Crippen LogP contribution in [0.2, 0.25) is 0 Å². The number of hydrazine groups is 1. The number of nitrogens with zero attached hydrogens (tertiary/aromatic N) is 2. The van der Waals surface area contributed by atoms with E-state index in [-0.39, 0.29) is 5.54 Å². The lowest BCUT2D eigenvalue weighted by Crippen LogP contribution is -2.68. The Morgan fingerprint density at radius 1 is 1.08 bits per heavy atom. The maximum atomic E-state index is 12.4. The first-order valence-corrected chi connectivity index (χ1v) is 11.2. The lowest BCUT2D eigenvalue weighted by atomic mass is 9.61. The number of Topliss-reactive ketones (excluding diaryl/α,β-unsaturated/α-hetero) is 1. The molecule has 5 atom stereocenters. The quantitative estimate of drug-likeness (QED) is 0.788. The van der Waals surface area contributed by atoms with Crippen LogP contribution in [-0.4, -0.2) is 65.5 Å². The molecule has 0 bridgehead atoms. The van der Waals surface area contributed by atoms with Gasteiger partial charge in [-0.2, -0.15) is 0 Å². The van der Waals surface area contributed by atoms with Crippen molar-refractivity contribution in [2.24, 2.45) is 11.8 Å². The van der Waals surface area contributed by atoms with Crippen LogP contribution in [0.4, 0.5) is 0 Å². The molecule has 146 valence electrons. The molecule has 5 fully saturated rings. The molecule has 3 aliphatic heterocycles. The Balaban J connectivity index is 1.41. The predicted octanol–water partition coefficient (Wildman–Crippen LogP) is 1.93. The van der Waals surface area contributed by atoms with Gasteiger partial charge in [0.1, 0.15) is 5.78 Å². The second kappa shape index (κ2) is 6.84. The number of piperidine rings is 2. The third-order valence-corrected chi connectivity index (χ3v) is 8.39. The molecule has 2 aliphatic carbocycles. The van der Waals surface area contributed by atoms with Gasteiger partial charge in [0.05, 0.1) is 0 Å². The summed E-state index contributed by atoms with van der Waals surface area (Å²) < 4.78 is 0. The molecule has 26 heavy (non-hydrogen) atoms. The molecular formula is C21H36N4O. The van der Waals surface area contributed by atoms with Crippen molar-refractivity contribution < 1.29 is 4.79 Å². The Morgan fingerprint density at radius 3 is 2.73 bits per heavy atom. The number of hydrogen-bond donors (Lipinski definition) is 2. The summed E-state index contributed by atoms with van der Waals surface area (Å²) in [7, 11) is 0. The van der Waals surface area contributed by atoms with E-state index in [1.165, 1.54) is 58.0 Å². The van der Waals surface area contributed by atoms with Crippen LogP contribution < -0.4 is 10.7 Å². The van der Waals surface area contributed by atoms with Crippen LogP contribution in [0.15, 0.2) is 0 Å². The summed E-state index contributed by atoms with van der Waals surface area (Å²) in [5.74, 6) is 1.48. The van der Waals surface area contributed by atoms with Gasteiger partial charge in [0.2, 0.25) is 0 Å². The molecule has 3 heterocycles. The predicted molar refractivity (Wildman–Crippen MR) is 103 cm³/mol. The Hall–Kier alpha value is -0.490. The van der Waals surface area contributed by atoms with E-state index in [1.54, 1.807) is 0 Å². The van der Waals surface area contributed by atoms with Gasteiger partial charge < -0.3 is 5.32 Å². The van der Waals surface area contributed by atoms with Crippen LogP contribution in [-0.2, 0) is 4.79 Å². The summed E-state index contributed by atoms with van der Waals surface area (Å²) in [6.07, 6.45) is 11.1. The average molecular weight is 361 g/mol. The molecular weight excluding hydrogens is 324 g/mol. The second-order valence-electron chi connectivity index (χ2n) is 9.71. The van der Waals surface area contributed by atoms with Gasteiger partial charge in [-0.15, -0.1) is 0 Å². The Bertz CT molecular complexity index is 548. The molecule has 5 nitrogen and oxygen atoms in total. The lowest BCUT2D eigenvalue weighted by molar-refractivity contribution is -0.133. The Labute approximate surface area is 158 Å². The van der Waals surface area contributed by atoms with E-state index in [1.807, 2.05) is 0 Å². The van der Waals surface area contributed by atoms with Crippen LogP contribution in [0, 0.1) is 11.8 Å². The van der Waals surface area contributed by atoms with E-state index in [0.29, 0.717) is 29.7 Å². The molecule has 5 unspecified atom stereocenters. The van der Waals surface area contributed by atoms with Gasteiger partial charge in [-0.25, -0.2) is 5.01 Å². The molecule has 0 aromatic carbocycles. The fourth-order valence-electron chi connectivity index (χ4n) is 7.24. The molecule has 5 rings (SSSR count). The van der Waals surface area contributed by atoms with Crippen molar-refractivity contribution in [2.45, 2.75) is 88.4 Å². The van der Waals surface area contributed by atoms with Crippen molar-refractivity contribution in [3.63, 3.8) is 0 Å². The molecule has 3 saturated heterocycles. The van der Waals surface area contributed by atoms with Crippen LogP contribution in [0.25, 0.3) is 0 Å². The topological polar surface area (TPSA) is 47.6 Å². The van der Waals surface area contributed by atoms with Crippen molar-refractivity contribution in [2.75, 3.05) is 26.2 Å². The van der Waals surface area contributed by atoms with Crippen LogP contribution in [0.5, 0.6) is 0 Å². The third kappa shape index (κ3) is 2.69. The molecule has 0 aromatic rings. The van der Waals surface area contributed by atoms with Gasteiger partial charge in [-0.05, 0) is 58.0 Å². The number of carbonyl (C=O) groups is 1. The van der Waals surface area contributed by atoms with Crippen molar-refractivity contribution >= 4 is 5.78 Å². The van der Waals surface area contributed by atoms with E-state index in [4.69, 9.17) is 0 Å². The highest BCUT2D eigenvalue weighted by molar-refractivity contribution is 5.80. The normalized spacial score (nSPS) is 45.7. The van der Waals surface area contributed by atoms with Gasteiger partial charge in [0, 0.05) is 55.5 Å². The van der Waals surface area contributed by atoms with E-state index >= 15 is 0 Å². The SMILES string of the molecule is CC1NN(C2CCCN(C3CCCC3)C2)C23CCNCC2CC(=O)CC13. The van der Waals surface area contributed by atoms with Crippen LogP contribution in [0.1, 0.15) is 64.7 Å². The molecule has 0 amide bonds. The lowest BCUT2D eigenvalue weighted by Gasteiger charge is -2.55. The molecule has 0 aromatic heterocycles. The average Bonchev–Trinajstić information content (AvgIpc) is 3.28. The summed E-state index contributed by atoms with van der Waals surface area (Å²) >= 11 is 0. The number of likely N-dealkylation sites (tertiary alicyclic amines) is 1. The Morgan fingerprint density at radius 2 is 1.88 bits per heavy atom. The standard InChI is InChI=1S/C21H36N4O/c1-15-20-12-19(26)11-16-13-22-9-8-21(16,20)25(23-15)18-7-4-10-24(14-18)17-5-2-3-6-17/h15-18,20,22-23H,2-14H2,1H3. The number of rotatable bonds is 2. The summed E-state index contributed by atoms with van der Waals surface area (Å²) in [4.78, 5) is 15.2. The minimum absolute atomic E-state index is 0.210. The van der Waals surface area contributed by atoms with Crippen molar-refractivity contribution in [3.8, 4) is 0 Å². The first-order chi connectivity index (χ1) is 12.7. The number of ketones is 1. The third-order valence-electron chi connectivity index (χ3n) is 8.39. The zero-order valence-corrected chi connectivity index (χ0v) is 16.4. The number of carbonyl (C=O) groups excluding carboxylic acids is 1. The molecule has 1 spiro atoms. The van der Waals surface area contributed by atoms with E-state index in [0.717, 1.165) is 32.0 Å². The fourth-order valence-corrected chi connectivity index (χ4v) is 7.24. The highest BCUT2D eigenvalue weighted by Crippen LogP contribution is 2.50. The van der Waals surface area contributed by atoms with Crippen molar-refractivity contribution in [1.82, 2.24) is 20.7 Å². The number of hydrogen-bond acceptors (Lipinski definition) is 5. The van der Waals surface area contributed by atoms with Gasteiger partial charge in [0.15, 0.2) is 0 Å². The second-order valence-corrected chi connectivity index (χ2v) is 9.71. The number of nitrogens with one attached hydrogen (secondary N) is 2. The maximum absolute atomic E-state index is 12.4. The molecule has 2 saturated carbocycles. The van der Waals surface area contributed by atoms with Gasteiger partial charge in [-0.3, -0.25) is 15.1 Å². The summed E-state index contributed by atoms with van der Waals surface area (Å²) in [5.41, 5.74) is 4.12. The molecule has 2 N–H and O–H groups in total. The molecule has 5 heteroatoms. The van der Waals surface area contributed by atoms with Gasteiger partial charge in [-0.1, -0.05) is 12.8 Å². The van der Waals surface area contributed by atoms with Gasteiger partial charge in [0.25, 0.3) is 0 Å². The van der Waals surface area contributed by atoms with E-state index in [2.05, 4.69) is 27.6 Å². The summed E-state index contributed by atoms with van der Waals surface area (Å²) in [5, 5.41) is 6.31. The van der Waals surface area contributed by atoms with Crippen molar-refractivity contribution in [3.05, 3.63) is 0 Å². The summed E-state index contributed by atoms with van der Waals surface area (Å²) in [6.45, 7) is 6.97. The van der Waals surface area contributed by atoms with E-state index < -0.39 is 0 Å².